The molecule has 180 valence electrons. The molecule has 7 heteroatoms. The Hall–Kier alpha value is -2.93. The number of likely N-dealkylation sites (N-methyl/N-ethyl adjacent to an activating group) is 1. The summed E-state index contributed by atoms with van der Waals surface area (Å²) in [5, 5.41) is 3.75. The number of halogens is 1. The van der Waals surface area contributed by atoms with Gasteiger partial charge in [0.05, 0.1) is 24.0 Å². The lowest BCUT2D eigenvalue weighted by molar-refractivity contribution is -0.156. The van der Waals surface area contributed by atoms with Crippen molar-refractivity contribution in [3.05, 3.63) is 64.7 Å². The molecule has 0 spiro atoms. The van der Waals surface area contributed by atoms with Gasteiger partial charge in [0.15, 0.2) is 0 Å². The summed E-state index contributed by atoms with van der Waals surface area (Å²) in [5.41, 5.74) is 5.08. The van der Waals surface area contributed by atoms with E-state index < -0.39 is 5.60 Å². The maximum Gasteiger partial charge on any atom is 0.320 e. The van der Waals surface area contributed by atoms with E-state index in [-0.39, 0.29) is 23.9 Å². The normalized spacial score (nSPS) is 24.7. The van der Waals surface area contributed by atoms with E-state index in [0.29, 0.717) is 17.8 Å². The molecule has 0 radical (unpaired) electrons. The molecule has 4 heterocycles. The molecule has 1 N–H and O–H groups in total. The highest BCUT2D eigenvalue weighted by atomic mass is 19.1. The Bertz CT molecular complexity index is 1130. The van der Waals surface area contributed by atoms with Crippen molar-refractivity contribution in [3.8, 4) is 0 Å². The standard InChI is InChI=1S/C27H33FN4O2/c1-27(2,3)34-23(33)16-32-11-6-7-17(9-12-32)21-14-22-24-18(15-31(22)4)13-20(28)19-8-5-10-29-25(19)26(24)30-21/h5,7-8,10,13,15,21-22,30H,6,9,11-12,14,16H2,1-4H3. The second kappa shape index (κ2) is 8.69. The maximum atomic E-state index is 15.1. The second-order valence-corrected chi connectivity index (χ2v) is 10.6. The Balaban J connectivity index is 1.35. The largest absolute Gasteiger partial charge is 0.459 e. The predicted molar refractivity (Wildman–Crippen MR) is 131 cm³/mol. The number of hydrogen-bond donors (Lipinski definition) is 1. The first kappa shape index (κ1) is 22.8. The summed E-state index contributed by atoms with van der Waals surface area (Å²) >= 11 is 0. The first-order valence-electron chi connectivity index (χ1n) is 12.1. The zero-order valence-corrected chi connectivity index (χ0v) is 20.4. The van der Waals surface area contributed by atoms with Crippen LogP contribution in [0.2, 0.25) is 0 Å². The highest BCUT2D eigenvalue weighted by Gasteiger charge is 2.40. The van der Waals surface area contributed by atoms with Crippen LogP contribution in [-0.4, -0.2) is 65.1 Å². The van der Waals surface area contributed by atoms with E-state index in [1.807, 2.05) is 27.0 Å². The maximum absolute atomic E-state index is 15.1. The van der Waals surface area contributed by atoms with Gasteiger partial charge in [0.1, 0.15) is 11.4 Å². The van der Waals surface area contributed by atoms with Gasteiger partial charge in [-0.05, 0) is 58.2 Å². The third kappa shape index (κ3) is 4.41. The predicted octanol–water partition coefficient (Wildman–Crippen LogP) is 4.04. The van der Waals surface area contributed by atoms with Crippen molar-refractivity contribution in [2.45, 2.75) is 57.7 Å². The van der Waals surface area contributed by atoms with Gasteiger partial charge in [0.25, 0.3) is 0 Å². The number of hydrogen-bond acceptors (Lipinski definition) is 6. The van der Waals surface area contributed by atoms with Gasteiger partial charge < -0.3 is 15.0 Å². The van der Waals surface area contributed by atoms with Gasteiger partial charge in [-0.1, -0.05) is 11.6 Å². The Morgan fingerprint density at radius 3 is 2.94 bits per heavy atom. The third-order valence-corrected chi connectivity index (χ3v) is 6.90. The van der Waals surface area contributed by atoms with Crippen molar-refractivity contribution < 1.29 is 13.9 Å². The number of esters is 1. The molecule has 0 amide bonds. The number of ether oxygens (including phenoxy) is 1. The minimum absolute atomic E-state index is 0.136. The molecule has 2 unspecified atom stereocenters. The highest BCUT2D eigenvalue weighted by Crippen LogP contribution is 2.44. The first-order valence-corrected chi connectivity index (χ1v) is 12.1. The molecule has 1 aromatic heterocycles. The Morgan fingerprint density at radius 2 is 2.15 bits per heavy atom. The van der Waals surface area contributed by atoms with E-state index in [4.69, 9.17) is 4.74 Å². The molecule has 0 saturated heterocycles. The number of nitrogens with one attached hydrogen (secondary N) is 1. The summed E-state index contributed by atoms with van der Waals surface area (Å²) in [6, 6.07) is 3.89. The Labute approximate surface area is 200 Å². The molecule has 0 saturated carbocycles. The van der Waals surface area contributed by atoms with E-state index in [0.717, 1.165) is 49.2 Å². The van der Waals surface area contributed by atoms with Gasteiger partial charge >= 0.3 is 5.97 Å². The average molecular weight is 465 g/mol. The van der Waals surface area contributed by atoms with Gasteiger partial charge in [-0.3, -0.25) is 14.7 Å². The molecular weight excluding hydrogens is 431 g/mol. The molecule has 2 atom stereocenters. The Morgan fingerprint density at radius 1 is 1.32 bits per heavy atom. The van der Waals surface area contributed by atoms with Crippen LogP contribution in [0.3, 0.4) is 0 Å². The number of aromatic nitrogens is 1. The van der Waals surface area contributed by atoms with Gasteiger partial charge in [-0.2, -0.15) is 0 Å². The fourth-order valence-corrected chi connectivity index (χ4v) is 5.44. The van der Waals surface area contributed by atoms with Crippen molar-refractivity contribution in [1.29, 1.82) is 0 Å². The van der Waals surface area contributed by atoms with Crippen LogP contribution in [0.25, 0.3) is 11.5 Å². The van der Waals surface area contributed by atoms with Gasteiger partial charge in [-0.25, -0.2) is 4.39 Å². The third-order valence-electron chi connectivity index (χ3n) is 6.90. The summed E-state index contributed by atoms with van der Waals surface area (Å²) < 4.78 is 20.6. The van der Waals surface area contributed by atoms with Crippen LogP contribution in [0.1, 0.15) is 51.3 Å². The van der Waals surface area contributed by atoms with Crippen LogP contribution in [0.5, 0.6) is 0 Å². The minimum atomic E-state index is -0.471. The topological polar surface area (TPSA) is 57.7 Å². The van der Waals surface area contributed by atoms with Crippen LogP contribution in [0, 0.1) is 0 Å². The number of rotatable bonds is 3. The number of nitrogens with zero attached hydrogens (tertiary/aromatic N) is 3. The van der Waals surface area contributed by atoms with Crippen molar-refractivity contribution in [3.63, 3.8) is 0 Å². The summed E-state index contributed by atoms with van der Waals surface area (Å²) in [5.74, 6) is -0.425. The van der Waals surface area contributed by atoms with Crippen molar-refractivity contribution in [2.24, 2.45) is 0 Å². The smallest absolute Gasteiger partial charge is 0.320 e. The summed E-state index contributed by atoms with van der Waals surface area (Å²) in [6.07, 6.45) is 10.4. The summed E-state index contributed by atoms with van der Waals surface area (Å²) in [6.45, 7) is 7.64. The van der Waals surface area contributed by atoms with Crippen LogP contribution < -0.4 is 5.32 Å². The SMILES string of the molecule is CN1C=C2C=C(F)c3cccnc3C3=C2C1CC(C1=CCCN(CC(=O)OC(C)(C)C)CC1)N3. The fraction of sp³-hybridized carbons (Fsp3) is 0.481. The summed E-state index contributed by atoms with van der Waals surface area (Å²) in [4.78, 5) is 21.3. The van der Waals surface area contributed by atoms with E-state index in [1.54, 1.807) is 24.4 Å². The van der Waals surface area contributed by atoms with Crippen LogP contribution >= 0.6 is 0 Å². The van der Waals surface area contributed by atoms with E-state index in [1.165, 1.54) is 5.57 Å². The fourth-order valence-electron chi connectivity index (χ4n) is 5.44. The number of carbonyl (C=O) groups excluding carboxylic acids is 1. The molecule has 4 aliphatic rings. The lowest BCUT2D eigenvalue weighted by atomic mass is 9.85. The van der Waals surface area contributed by atoms with E-state index >= 15 is 4.39 Å². The van der Waals surface area contributed by atoms with Crippen molar-refractivity contribution in [1.82, 2.24) is 20.1 Å². The van der Waals surface area contributed by atoms with E-state index in [9.17, 15) is 4.79 Å². The van der Waals surface area contributed by atoms with Crippen molar-refractivity contribution in [2.75, 3.05) is 26.7 Å². The molecular formula is C27H33FN4O2. The molecule has 5 rings (SSSR count). The van der Waals surface area contributed by atoms with Crippen LogP contribution in [-0.2, 0) is 9.53 Å². The molecule has 34 heavy (non-hydrogen) atoms. The minimum Gasteiger partial charge on any atom is -0.459 e. The lowest BCUT2D eigenvalue weighted by Crippen LogP contribution is -2.43. The molecule has 1 aromatic rings. The lowest BCUT2D eigenvalue weighted by Gasteiger charge is -2.37. The van der Waals surface area contributed by atoms with Gasteiger partial charge in [0, 0.05) is 55.3 Å². The number of carbonyl (C=O) groups is 1. The van der Waals surface area contributed by atoms with Crippen LogP contribution in [0.4, 0.5) is 4.39 Å². The zero-order chi connectivity index (χ0) is 24.0. The molecule has 0 fully saturated rings. The van der Waals surface area contributed by atoms with Crippen LogP contribution in [0.15, 0.2) is 53.4 Å². The number of pyridine rings is 1. The van der Waals surface area contributed by atoms with Crippen molar-refractivity contribution >= 4 is 17.5 Å². The molecule has 3 aliphatic heterocycles. The number of allylic oxidation sites excluding steroid dienone is 1. The molecule has 6 nitrogen and oxygen atoms in total. The first-order chi connectivity index (χ1) is 16.2. The molecule has 0 aromatic carbocycles. The van der Waals surface area contributed by atoms with Gasteiger partial charge in [-0.15, -0.1) is 0 Å². The summed E-state index contributed by atoms with van der Waals surface area (Å²) in [7, 11) is 2.06. The number of fused-ring (bicyclic) bond motifs is 2. The highest BCUT2D eigenvalue weighted by molar-refractivity contribution is 5.85. The zero-order valence-electron chi connectivity index (χ0n) is 20.4. The quantitative estimate of drug-likeness (QED) is 0.538. The Kier molecular flexibility index (Phi) is 5.84. The molecule has 0 bridgehead atoms. The monoisotopic (exact) mass is 464 g/mol. The van der Waals surface area contributed by atoms with Gasteiger partial charge in [0.2, 0.25) is 0 Å². The molecule has 1 aliphatic carbocycles. The average Bonchev–Trinajstić information content (AvgIpc) is 2.91. The second-order valence-electron chi connectivity index (χ2n) is 10.6. The van der Waals surface area contributed by atoms with E-state index in [2.05, 4.69) is 33.2 Å².